The van der Waals surface area contributed by atoms with Gasteiger partial charge in [-0.2, -0.15) is 0 Å². The van der Waals surface area contributed by atoms with Crippen molar-refractivity contribution < 1.29 is 9.47 Å². The fourth-order valence-electron chi connectivity index (χ4n) is 2.63. The molecule has 1 aliphatic rings. The Morgan fingerprint density at radius 2 is 2.04 bits per heavy atom. The fraction of sp³-hybridized carbons (Fsp3) is 0.588. The van der Waals surface area contributed by atoms with E-state index in [1.807, 2.05) is 0 Å². The lowest BCUT2D eigenvalue weighted by Gasteiger charge is -2.20. The molecule has 1 heterocycles. The number of para-hydroxylation sites is 1. The van der Waals surface area contributed by atoms with E-state index >= 15 is 0 Å². The van der Waals surface area contributed by atoms with E-state index in [4.69, 9.17) is 9.47 Å². The third-order valence-corrected chi connectivity index (χ3v) is 3.84. The first kappa shape index (κ1) is 21.0. The maximum atomic E-state index is 5.44. The third-order valence-electron chi connectivity index (χ3n) is 3.84. The molecule has 0 spiro atoms. The van der Waals surface area contributed by atoms with Crippen LogP contribution in [0.2, 0.25) is 0 Å². The number of hydrogen-bond donors (Lipinski definition) is 2. The minimum absolute atomic E-state index is 0. The van der Waals surface area contributed by atoms with Gasteiger partial charge >= 0.3 is 0 Å². The van der Waals surface area contributed by atoms with Crippen molar-refractivity contribution in [1.82, 2.24) is 10.6 Å². The molecule has 1 fully saturated rings. The first-order valence-corrected chi connectivity index (χ1v) is 8.17. The average Bonchev–Trinajstić information content (AvgIpc) is 3.06. The van der Waals surface area contributed by atoms with Gasteiger partial charge in [-0.05, 0) is 18.6 Å². The number of ether oxygens (including phenoxy) is 2. The smallest absolute Gasteiger partial charge is 0.191 e. The highest BCUT2D eigenvalue weighted by Gasteiger charge is 2.23. The van der Waals surface area contributed by atoms with Crippen LogP contribution in [0.4, 0.5) is 5.69 Å². The van der Waals surface area contributed by atoms with Crippen LogP contribution in [0.3, 0.4) is 0 Å². The molecule has 1 saturated heterocycles. The minimum Gasteiger partial charge on any atom is -0.382 e. The highest BCUT2D eigenvalue weighted by molar-refractivity contribution is 14.0. The van der Waals surface area contributed by atoms with Crippen LogP contribution in [0, 0.1) is 0 Å². The molecule has 0 radical (unpaired) electrons. The zero-order chi connectivity index (χ0) is 16.3. The van der Waals surface area contributed by atoms with E-state index in [-0.39, 0.29) is 24.0 Å². The number of halogens is 1. The molecular formula is C17H29IN4O2. The number of methoxy groups -OCH3 is 1. The van der Waals surface area contributed by atoms with E-state index < -0.39 is 0 Å². The van der Waals surface area contributed by atoms with Crippen LogP contribution in [-0.2, 0) is 9.47 Å². The summed E-state index contributed by atoms with van der Waals surface area (Å²) in [5, 5.41) is 6.77. The standard InChI is InChI=1S/C17H28N4O2.HI/c1-18-17(19-9-11-23-13-12-22-2)20-15-8-10-21(14-15)16-6-4-3-5-7-16;/h3-7,15H,8-14H2,1-2H3,(H2,18,19,20);1H. The number of aliphatic imine (C=N–C) groups is 1. The monoisotopic (exact) mass is 448 g/mol. The molecule has 0 amide bonds. The maximum Gasteiger partial charge on any atom is 0.191 e. The van der Waals surface area contributed by atoms with Gasteiger partial charge in [-0.25, -0.2) is 0 Å². The lowest BCUT2D eigenvalue weighted by molar-refractivity contribution is 0.0733. The molecule has 1 aromatic carbocycles. The number of hydrogen-bond acceptors (Lipinski definition) is 4. The van der Waals surface area contributed by atoms with Gasteiger partial charge < -0.3 is 25.0 Å². The van der Waals surface area contributed by atoms with E-state index in [0.717, 1.165) is 32.0 Å². The summed E-state index contributed by atoms with van der Waals surface area (Å²) < 4.78 is 10.4. The number of anilines is 1. The first-order chi connectivity index (χ1) is 11.3. The zero-order valence-electron chi connectivity index (χ0n) is 14.5. The van der Waals surface area contributed by atoms with Crippen LogP contribution in [0.15, 0.2) is 35.3 Å². The Balaban J connectivity index is 0.00000288. The lowest BCUT2D eigenvalue weighted by atomic mass is 10.3. The Morgan fingerprint density at radius 1 is 1.25 bits per heavy atom. The topological polar surface area (TPSA) is 58.1 Å². The number of benzene rings is 1. The Bertz CT molecular complexity index is 473. The summed E-state index contributed by atoms with van der Waals surface area (Å²) >= 11 is 0. The molecule has 1 aromatic rings. The quantitative estimate of drug-likeness (QED) is 0.275. The predicted molar refractivity (Wildman–Crippen MR) is 110 cm³/mol. The van der Waals surface area contributed by atoms with Crippen LogP contribution in [0.25, 0.3) is 0 Å². The normalized spacial score (nSPS) is 17.5. The molecule has 24 heavy (non-hydrogen) atoms. The van der Waals surface area contributed by atoms with Gasteiger partial charge in [-0.1, -0.05) is 18.2 Å². The summed E-state index contributed by atoms with van der Waals surface area (Å²) in [6.07, 6.45) is 1.11. The largest absolute Gasteiger partial charge is 0.382 e. The minimum atomic E-state index is 0. The van der Waals surface area contributed by atoms with Crippen molar-refractivity contribution in [2.45, 2.75) is 12.5 Å². The van der Waals surface area contributed by atoms with Crippen molar-refractivity contribution >= 4 is 35.6 Å². The molecular weight excluding hydrogens is 419 g/mol. The highest BCUT2D eigenvalue weighted by atomic mass is 127. The Hall–Kier alpha value is -1.06. The lowest BCUT2D eigenvalue weighted by Crippen LogP contribution is -2.45. The second-order valence-electron chi connectivity index (χ2n) is 5.52. The molecule has 136 valence electrons. The van der Waals surface area contributed by atoms with E-state index in [9.17, 15) is 0 Å². The summed E-state index contributed by atoms with van der Waals surface area (Å²) in [7, 11) is 3.47. The molecule has 0 aliphatic carbocycles. The molecule has 1 atom stereocenters. The SMILES string of the molecule is CN=C(NCCOCCOC)NC1CCN(c2ccccc2)C1.I. The van der Waals surface area contributed by atoms with E-state index in [0.29, 0.717) is 25.9 Å². The fourth-order valence-corrected chi connectivity index (χ4v) is 2.63. The molecule has 2 N–H and O–H groups in total. The van der Waals surface area contributed by atoms with E-state index in [1.54, 1.807) is 14.2 Å². The van der Waals surface area contributed by atoms with Gasteiger partial charge in [0.15, 0.2) is 5.96 Å². The average molecular weight is 448 g/mol. The number of guanidine groups is 1. The first-order valence-electron chi connectivity index (χ1n) is 8.17. The Kier molecular flexibility index (Phi) is 10.8. The summed E-state index contributed by atoms with van der Waals surface area (Å²) in [6.45, 7) is 4.69. The molecule has 0 saturated carbocycles. The molecule has 0 bridgehead atoms. The van der Waals surface area contributed by atoms with Crippen LogP contribution in [0.1, 0.15) is 6.42 Å². The Morgan fingerprint density at radius 3 is 2.75 bits per heavy atom. The van der Waals surface area contributed by atoms with Crippen LogP contribution >= 0.6 is 24.0 Å². The predicted octanol–water partition coefficient (Wildman–Crippen LogP) is 1.71. The van der Waals surface area contributed by atoms with E-state index in [2.05, 4.69) is 50.9 Å². The van der Waals surface area contributed by atoms with Crippen LogP contribution in [0.5, 0.6) is 0 Å². The van der Waals surface area contributed by atoms with Gasteiger partial charge in [0.1, 0.15) is 0 Å². The van der Waals surface area contributed by atoms with Crippen LogP contribution in [-0.4, -0.2) is 65.6 Å². The van der Waals surface area contributed by atoms with Crippen LogP contribution < -0.4 is 15.5 Å². The van der Waals surface area contributed by atoms with Crippen molar-refractivity contribution in [2.24, 2.45) is 4.99 Å². The second kappa shape index (κ2) is 12.3. The Labute approximate surface area is 162 Å². The number of rotatable bonds is 8. The maximum absolute atomic E-state index is 5.44. The van der Waals surface area contributed by atoms with E-state index in [1.165, 1.54) is 5.69 Å². The van der Waals surface area contributed by atoms with Gasteiger partial charge in [0.25, 0.3) is 0 Å². The summed E-state index contributed by atoms with van der Waals surface area (Å²) in [6, 6.07) is 11.0. The number of nitrogens with one attached hydrogen (secondary N) is 2. The van der Waals surface area contributed by atoms with Crippen molar-refractivity contribution in [1.29, 1.82) is 0 Å². The summed E-state index contributed by atoms with van der Waals surface area (Å²) in [4.78, 5) is 6.68. The van der Waals surface area contributed by atoms with Crippen molar-refractivity contribution in [3.8, 4) is 0 Å². The zero-order valence-corrected chi connectivity index (χ0v) is 16.9. The molecule has 2 rings (SSSR count). The van der Waals surface area contributed by atoms with Gasteiger partial charge in [0.05, 0.1) is 19.8 Å². The van der Waals surface area contributed by atoms with Crippen molar-refractivity contribution in [2.75, 3.05) is 58.5 Å². The highest BCUT2D eigenvalue weighted by Crippen LogP contribution is 2.19. The van der Waals surface area contributed by atoms with Crippen molar-refractivity contribution in [3.63, 3.8) is 0 Å². The molecule has 1 aliphatic heterocycles. The second-order valence-corrected chi connectivity index (χ2v) is 5.52. The molecule has 7 heteroatoms. The van der Waals surface area contributed by atoms with Gasteiger partial charge in [-0.15, -0.1) is 24.0 Å². The number of nitrogens with zero attached hydrogens (tertiary/aromatic N) is 2. The van der Waals surface area contributed by atoms with Gasteiger partial charge in [-0.3, -0.25) is 4.99 Å². The van der Waals surface area contributed by atoms with Crippen molar-refractivity contribution in [3.05, 3.63) is 30.3 Å². The molecule has 1 unspecified atom stereocenters. The summed E-state index contributed by atoms with van der Waals surface area (Å²) in [5.41, 5.74) is 1.28. The van der Waals surface area contributed by atoms with Gasteiger partial charge in [0.2, 0.25) is 0 Å². The third kappa shape index (κ3) is 7.23. The molecule has 6 nitrogen and oxygen atoms in total. The van der Waals surface area contributed by atoms with Gasteiger partial charge in [0, 0.05) is 45.5 Å². The molecule has 0 aromatic heterocycles. The summed E-state index contributed by atoms with van der Waals surface area (Å²) in [5.74, 6) is 0.834.